The minimum Gasteiger partial charge on any atom is -0.391 e. The van der Waals surface area contributed by atoms with E-state index in [1.54, 1.807) is 24.3 Å². The Hall–Kier alpha value is -1.91. The van der Waals surface area contributed by atoms with Crippen molar-refractivity contribution in [3.63, 3.8) is 0 Å². The Labute approximate surface area is 140 Å². The summed E-state index contributed by atoms with van der Waals surface area (Å²) in [6.07, 6.45) is 4.95. The second-order valence-electron chi connectivity index (χ2n) is 6.06. The van der Waals surface area contributed by atoms with Crippen LogP contribution in [0, 0.1) is 5.92 Å². The van der Waals surface area contributed by atoms with Crippen molar-refractivity contribution in [1.82, 2.24) is 9.88 Å². The SMILES string of the molecule is CN(CC(O)C1CC1)C(=O)c1cncc(-c2ccc(Cl)cc2)c1. The van der Waals surface area contributed by atoms with Gasteiger partial charge >= 0.3 is 0 Å². The van der Waals surface area contributed by atoms with Crippen LogP contribution < -0.4 is 0 Å². The van der Waals surface area contributed by atoms with Gasteiger partial charge in [0.1, 0.15) is 0 Å². The molecular weight excluding hydrogens is 312 g/mol. The Kier molecular flexibility index (Phi) is 4.64. The van der Waals surface area contributed by atoms with Gasteiger partial charge in [-0.3, -0.25) is 9.78 Å². The average Bonchev–Trinajstić information content (AvgIpc) is 3.40. The third kappa shape index (κ3) is 3.89. The summed E-state index contributed by atoms with van der Waals surface area (Å²) in [4.78, 5) is 18.2. The molecule has 1 aromatic carbocycles. The predicted molar refractivity (Wildman–Crippen MR) is 90.4 cm³/mol. The number of amides is 1. The molecule has 2 aromatic rings. The van der Waals surface area contributed by atoms with E-state index in [4.69, 9.17) is 11.6 Å². The van der Waals surface area contributed by atoms with E-state index in [1.807, 2.05) is 30.3 Å². The van der Waals surface area contributed by atoms with E-state index in [0.717, 1.165) is 24.0 Å². The number of aliphatic hydroxyl groups is 1. The number of likely N-dealkylation sites (N-methyl/N-ethyl adjacent to an activating group) is 1. The molecule has 1 fully saturated rings. The van der Waals surface area contributed by atoms with Crippen LogP contribution in [0.2, 0.25) is 5.02 Å². The van der Waals surface area contributed by atoms with Crippen LogP contribution in [0.1, 0.15) is 23.2 Å². The fourth-order valence-corrected chi connectivity index (χ4v) is 2.70. The number of carbonyl (C=O) groups is 1. The number of benzene rings is 1. The van der Waals surface area contributed by atoms with E-state index in [9.17, 15) is 9.90 Å². The van der Waals surface area contributed by atoms with Crippen LogP contribution in [-0.2, 0) is 0 Å². The first kappa shape index (κ1) is 16.0. The third-order valence-electron chi connectivity index (χ3n) is 4.14. The summed E-state index contributed by atoms with van der Waals surface area (Å²) in [6, 6.07) is 9.23. The lowest BCUT2D eigenvalue weighted by Crippen LogP contribution is -2.35. The van der Waals surface area contributed by atoms with Crippen LogP contribution in [0.3, 0.4) is 0 Å². The monoisotopic (exact) mass is 330 g/mol. The minimum atomic E-state index is -0.434. The first-order valence-electron chi connectivity index (χ1n) is 7.69. The van der Waals surface area contributed by atoms with Gasteiger partial charge in [0.05, 0.1) is 11.7 Å². The average molecular weight is 331 g/mol. The summed E-state index contributed by atoms with van der Waals surface area (Å²) >= 11 is 5.90. The van der Waals surface area contributed by atoms with Crippen LogP contribution in [0.5, 0.6) is 0 Å². The van der Waals surface area contributed by atoms with Crippen molar-refractivity contribution < 1.29 is 9.90 Å². The molecule has 23 heavy (non-hydrogen) atoms. The highest BCUT2D eigenvalue weighted by Gasteiger charge is 2.31. The minimum absolute atomic E-state index is 0.131. The number of aromatic nitrogens is 1. The van der Waals surface area contributed by atoms with Gasteiger partial charge < -0.3 is 10.0 Å². The van der Waals surface area contributed by atoms with Gasteiger partial charge in [-0.25, -0.2) is 0 Å². The van der Waals surface area contributed by atoms with E-state index in [-0.39, 0.29) is 5.91 Å². The highest BCUT2D eigenvalue weighted by Crippen LogP contribution is 2.32. The van der Waals surface area contributed by atoms with Crippen LogP contribution >= 0.6 is 11.6 Å². The summed E-state index contributed by atoms with van der Waals surface area (Å²) in [7, 11) is 1.71. The van der Waals surface area contributed by atoms with Crippen molar-refractivity contribution in [1.29, 1.82) is 0 Å². The number of nitrogens with zero attached hydrogens (tertiary/aromatic N) is 2. The molecule has 0 aliphatic heterocycles. The largest absolute Gasteiger partial charge is 0.391 e. The molecule has 0 saturated heterocycles. The quantitative estimate of drug-likeness (QED) is 0.915. The highest BCUT2D eigenvalue weighted by molar-refractivity contribution is 6.30. The van der Waals surface area contributed by atoms with E-state index in [0.29, 0.717) is 23.0 Å². The van der Waals surface area contributed by atoms with Crippen molar-refractivity contribution in [2.24, 2.45) is 5.92 Å². The van der Waals surface area contributed by atoms with Crippen LogP contribution in [0.25, 0.3) is 11.1 Å². The lowest BCUT2D eigenvalue weighted by atomic mass is 10.1. The Balaban J connectivity index is 1.75. The first-order chi connectivity index (χ1) is 11.0. The summed E-state index contributed by atoms with van der Waals surface area (Å²) < 4.78 is 0. The summed E-state index contributed by atoms with van der Waals surface area (Å²) in [5.74, 6) is 0.219. The summed E-state index contributed by atoms with van der Waals surface area (Å²) in [6.45, 7) is 0.356. The van der Waals surface area contributed by atoms with Gasteiger partial charge in [0, 0.05) is 36.6 Å². The molecule has 1 aliphatic rings. The molecule has 0 radical (unpaired) electrons. The first-order valence-corrected chi connectivity index (χ1v) is 8.07. The van der Waals surface area contributed by atoms with Gasteiger partial charge in [0.2, 0.25) is 0 Å². The number of aliphatic hydroxyl groups excluding tert-OH is 1. The molecule has 1 heterocycles. The molecule has 0 bridgehead atoms. The number of rotatable bonds is 5. The summed E-state index contributed by atoms with van der Waals surface area (Å²) in [5, 5.41) is 10.7. The summed E-state index contributed by atoms with van der Waals surface area (Å²) in [5.41, 5.74) is 2.34. The standard InChI is InChI=1S/C18H19ClN2O2/c1-21(11-17(22)13-2-3-13)18(23)15-8-14(9-20-10-15)12-4-6-16(19)7-5-12/h4-10,13,17,22H,2-3,11H2,1H3. The molecule has 0 spiro atoms. The maximum absolute atomic E-state index is 12.5. The molecule has 1 unspecified atom stereocenters. The zero-order chi connectivity index (χ0) is 16.4. The van der Waals surface area contributed by atoms with E-state index in [1.165, 1.54) is 0 Å². The molecule has 1 atom stereocenters. The van der Waals surface area contributed by atoms with Crippen LogP contribution in [0.15, 0.2) is 42.7 Å². The Morgan fingerprint density at radius 2 is 2.00 bits per heavy atom. The second kappa shape index (κ2) is 6.69. The number of pyridine rings is 1. The molecule has 120 valence electrons. The highest BCUT2D eigenvalue weighted by atomic mass is 35.5. The number of carbonyl (C=O) groups excluding carboxylic acids is 1. The topological polar surface area (TPSA) is 53.4 Å². The molecule has 1 aliphatic carbocycles. The number of hydrogen-bond donors (Lipinski definition) is 1. The van der Waals surface area contributed by atoms with E-state index >= 15 is 0 Å². The Morgan fingerprint density at radius 3 is 2.65 bits per heavy atom. The van der Waals surface area contributed by atoms with Crippen molar-refractivity contribution in [3.8, 4) is 11.1 Å². The zero-order valence-corrected chi connectivity index (χ0v) is 13.7. The van der Waals surface area contributed by atoms with Gasteiger partial charge in [-0.2, -0.15) is 0 Å². The molecule has 1 N–H and O–H groups in total. The molecule has 1 amide bonds. The van der Waals surface area contributed by atoms with Crippen molar-refractivity contribution in [3.05, 3.63) is 53.3 Å². The van der Waals surface area contributed by atoms with Crippen molar-refractivity contribution in [2.75, 3.05) is 13.6 Å². The molecule has 5 heteroatoms. The molecule has 1 saturated carbocycles. The van der Waals surface area contributed by atoms with E-state index in [2.05, 4.69) is 4.98 Å². The van der Waals surface area contributed by atoms with E-state index < -0.39 is 6.10 Å². The maximum atomic E-state index is 12.5. The van der Waals surface area contributed by atoms with Gasteiger partial charge in [-0.1, -0.05) is 23.7 Å². The van der Waals surface area contributed by atoms with Crippen LogP contribution in [0.4, 0.5) is 0 Å². The maximum Gasteiger partial charge on any atom is 0.255 e. The fourth-order valence-electron chi connectivity index (χ4n) is 2.57. The van der Waals surface area contributed by atoms with Gasteiger partial charge in [-0.05, 0) is 42.5 Å². The molecular formula is C18H19ClN2O2. The molecule has 1 aromatic heterocycles. The van der Waals surface area contributed by atoms with Crippen molar-refractivity contribution >= 4 is 17.5 Å². The fraction of sp³-hybridized carbons (Fsp3) is 0.333. The molecule has 4 nitrogen and oxygen atoms in total. The predicted octanol–water partition coefficient (Wildman–Crippen LogP) is 3.24. The smallest absolute Gasteiger partial charge is 0.255 e. The zero-order valence-electron chi connectivity index (χ0n) is 12.9. The molecule has 3 rings (SSSR count). The Morgan fingerprint density at radius 1 is 1.30 bits per heavy atom. The van der Waals surface area contributed by atoms with Gasteiger partial charge in [0.25, 0.3) is 5.91 Å². The van der Waals surface area contributed by atoms with Crippen LogP contribution in [-0.4, -0.2) is 40.6 Å². The number of halogens is 1. The second-order valence-corrected chi connectivity index (χ2v) is 6.50. The lowest BCUT2D eigenvalue weighted by molar-refractivity contribution is 0.0645. The lowest BCUT2D eigenvalue weighted by Gasteiger charge is -2.20. The van der Waals surface area contributed by atoms with Crippen molar-refractivity contribution in [2.45, 2.75) is 18.9 Å². The normalized spacial score (nSPS) is 15.3. The Bertz CT molecular complexity index is 698. The number of hydrogen-bond acceptors (Lipinski definition) is 3. The third-order valence-corrected chi connectivity index (χ3v) is 4.39. The van der Waals surface area contributed by atoms with Gasteiger partial charge in [-0.15, -0.1) is 0 Å². The van der Waals surface area contributed by atoms with Gasteiger partial charge in [0.15, 0.2) is 0 Å².